The van der Waals surface area contributed by atoms with Crippen molar-refractivity contribution in [3.05, 3.63) is 22.8 Å². The van der Waals surface area contributed by atoms with E-state index in [4.69, 9.17) is 0 Å². The van der Waals surface area contributed by atoms with Gasteiger partial charge in [-0.25, -0.2) is 0 Å². The molecule has 12 heavy (non-hydrogen) atoms. The molecular formula is C11H16O. The summed E-state index contributed by atoms with van der Waals surface area (Å²) in [5.74, 6) is 0.0697. The van der Waals surface area contributed by atoms with Crippen molar-refractivity contribution in [2.24, 2.45) is 5.92 Å². The van der Waals surface area contributed by atoms with Crippen LogP contribution in [-0.2, 0) is 4.79 Å². The Morgan fingerprint density at radius 1 is 1.50 bits per heavy atom. The van der Waals surface area contributed by atoms with Crippen LogP contribution in [0.15, 0.2) is 22.8 Å². The fourth-order valence-corrected chi connectivity index (χ4v) is 1.63. The van der Waals surface area contributed by atoms with Gasteiger partial charge in [-0.2, -0.15) is 0 Å². The first-order chi connectivity index (χ1) is 5.66. The molecule has 66 valence electrons. The molecule has 0 spiro atoms. The molecule has 0 aromatic rings. The van der Waals surface area contributed by atoms with Gasteiger partial charge in [0.1, 0.15) is 6.29 Å². The monoisotopic (exact) mass is 164 g/mol. The fourth-order valence-electron chi connectivity index (χ4n) is 1.63. The van der Waals surface area contributed by atoms with E-state index in [0.717, 1.165) is 19.1 Å². The molecular weight excluding hydrogens is 148 g/mol. The van der Waals surface area contributed by atoms with Crippen molar-refractivity contribution in [1.82, 2.24) is 0 Å². The number of carbonyl (C=O) groups is 1. The summed E-state index contributed by atoms with van der Waals surface area (Å²) in [6, 6.07) is 0. The minimum atomic E-state index is 0.0697. The second-order valence-corrected chi connectivity index (χ2v) is 3.53. The summed E-state index contributed by atoms with van der Waals surface area (Å²) < 4.78 is 0. The molecule has 0 aliphatic heterocycles. The van der Waals surface area contributed by atoms with Crippen LogP contribution in [0.4, 0.5) is 0 Å². The molecule has 1 atom stereocenters. The van der Waals surface area contributed by atoms with Gasteiger partial charge in [0, 0.05) is 5.92 Å². The Morgan fingerprint density at radius 3 is 2.75 bits per heavy atom. The third-order valence-electron chi connectivity index (χ3n) is 2.65. The normalized spacial score (nSPS) is 20.4. The van der Waals surface area contributed by atoms with Crippen molar-refractivity contribution in [3.8, 4) is 0 Å². The molecule has 0 aromatic carbocycles. The zero-order valence-corrected chi connectivity index (χ0v) is 8.05. The van der Waals surface area contributed by atoms with Gasteiger partial charge in [-0.1, -0.05) is 18.6 Å². The first-order valence-corrected chi connectivity index (χ1v) is 4.49. The Hall–Kier alpha value is -0.850. The van der Waals surface area contributed by atoms with Gasteiger partial charge >= 0.3 is 0 Å². The quantitative estimate of drug-likeness (QED) is 0.573. The van der Waals surface area contributed by atoms with Crippen molar-refractivity contribution >= 4 is 6.29 Å². The number of allylic oxidation sites excluding steroid dienone is 4. The van der Waals surface area contributed by atoms with Gasteiger partial charge in [0.2, 0.25) is 0 Å². The third-order valence-corrected chi connectivity index (χ3v) is 2.65. The largest absolute Gasteiger partial charge is 0.303 e. The van der Waals surface area contributed by atoms with Gasteiger partial charge < -0.3 is 4.79 Å². The van der Waals surface area contributed by atoms with Crippen LogP contribution in [0, 0.1) is 5.92 Å². The molecule has 1 rings (SSSR count). The molecule has 0 bridgehead atoms. The molecule has 0 saturated heterocycles. The van der Waals surface area contributed by atoms with Crippen LogP contribution in [0.3, 0.4) is 0 Å². The van der Waals surface area contributed by atoms with E-state index in [0.29, 0.717) is 0 Å². The van der Waals surface area contributed by atoms with E-state index in [-0.39, 0.29) is 5.92 Å². The fraction of sp³-hybridized carbons (Fsp3) is 0.545. The van der Waals surface area contributed by atoms with E-state index in [1.165, 1.54) is 16.7 Å². The maximum absolute atomic E-state index is 10.6. The number of hydrogen-bond acceptors (Lipinski definition) is 1. The molecule has 1 aliphatic carbocycles. The van der Waals surface area contributed by atoms with Crippen LogP contribution in [-0.4, -0.2) is 6.29 Å². The number of carbonyl (C=O) groups excluding carboxylic acids is 1. The molecule has 0 N–H and O–H groups in total. The first-order valence-electron chi connectivity index (χ1n) is 4.49. The van der Waals surface area contributed by atoms with Crippen LogP contribution in [0.2, 0.25) is 0 Å². The van der Waals surface area contributed by atoms with Gasteiger partial charge in [0.25, 0.3) is 0 Å². The summed E-state index contributed by atoms with van der Waals surface area (Å²) in [5.41, 5.74) is 3.98. The zero-order valence-electron chi connectivity index (χ0n) is 8.05. The first kappa shape index (κ1) is 9.24. The predicted molar refractivity (Wildman–Crippen MR) is 50.9 cm³/mol. The van der Waals surface area contributed by atoms with Crippen LogP contribution >= 0.6 is 0 Å². The molecule has 0 radical (unpaired) electrons. The van der Waals surface area contributed by atoms with E-state index in [1.54, 1.807) is 0 Å². The zero-order chi connectivity index (χ0) is 9.14. The van der Waals surface area contributed by atoms with E-state index in [9.17, 15) is 4.79 Å². The van der Waals surface area contributed by atoms with Crippen LogP contribution in [0.5, 0.6) is 0 Å². The van der Waals surface area contributed by atoms with Crippen molar-refractivity contribution in [3.63, 3.8) is 0 Å². The maximum Gasteiger partial charge on any atom is 0.127 e. The predicted octanol–water partition coefficient (Wildman–Crippen LogP) is 2.88. The average molecular weight is 164 g/mol. The maximum atomic E-state index is 10.6. The summed E-state index contributed by atoms with van der Waals surface area (Å²) in [7, 11) is 0. The van der Waals surface area contributed by atoms with Gasteiger partial charge in [-0.15, -0.1) is 0 Å². The van der Waals surface area contributed by atoms with E-state index < -0.39 is 0 Å². The van der Waals surface area contributed by atoms with E-state index in [2.05, 4.69) is 19.9 Å². The van der Waals surface area contributed by atoms with Gasteiger partial charge in [-0.3, -0.25) is 0 Å². The summed E-state index contributed by atoms with van der Waals surface area (Å²) >= 11 is 0. The second kappa shape index (κ2) is 3.70. The highest BCUT2D eigenvalue weighted by molar-refractivity contribution is 5.62. The summed E-state index contributed by atoms with van der Waals surface area (Å²) in [6.07, 6.45) is 5.47. The Morgan fingerprint density at radius 2 is 2.17 bits per heavy atom. The molecule has 1 heteroatoms. The standard InChI is InChI=1S/C11H16O/c1-8-5-4-6-11(10(8)3)9(2)7-12/h6-7,9H,4-5H2,1-3H3. The summed E-state index contributed by atoms with van der Waals surface area (Å²) in [5, 5.41) is 0. The van der Waals surface area contributed by atoms with Crippen LogP contribution < -0.4 is 0 Å². The Balaban J connectivity index is 2.91. The highest BCUT2D eigenvalue weighted by Crippen LogP contribution is 2.28. The second-order valence-electron chi connectivity index (χ2n) is 3.53. The lowest BCUT2D eigenvalue weighted by Crippen LogP contribution is -2.06. The number of hydrogen-bond donors (Lipinski definition) is 0. The lowest BCUT2D eigenvalue weighted by molar-refractivity contribution is -0.109. The van der Waals surface area contributed by atoms with E-state index >= 15 is 0 Å². The van der Waals surface area contributed by atoms with Crippen LogP contribution in [0.1, 0.15) is 33.6 Å². The lowest BCUT2D eigenvalue weighted by Gasteiger charge is -2.18. The van der Waals surface area contributed by atoms with Crippen molar-refractivity contribution < 1.29 is 4.79 Å². The lowest BCUT2D eigenvalue weighted by atomic mass is 9.86. The SMILES string of the molecule is CC1=C(C)C(C(C)C=O)=CCC1. The summed E-state index contributed by atoms with van der Waals surface area (Å²) in [6.45, 7) is 6.22. The highest BCUT2D eigenvalue weighted by Gasteiger charge is 2.14. The molecule has 1 nitrogen and oxygen atoms in total. The summed E-state index contributed by atoms with van der Waals surface area (Å²) in [4.78, 5) is 10.6. The van der Waals surface area contributed by atoms with Crippen molar-refractivity contribution in [2.75, 3.05) is 0 Å². The molecule has 0 saturated carbocycles. The third kappa shape index (κ3) is 1.66. The van der Waals surface area contributed by atoms with E-state index in [1.807, 2.05) is 6.92 Å². The van der Waals surface area contributed by atoms with Crippen molar-refractivity contribution in [2.45, 2.75) is 33.6 Å². The van der Waals surface area contributed by atoms with Gasteiger partial charge in [0.05, 0.1) is 0 Å². The molecule has 1 aliphatic rings. The minimum absolute atomic E-state index is 0.0697. The minimum Gasteiger partial charge on any atom is -0.303 e. The Kier molecular flexibility index (Phi) is 2.85. The Labute approximate surface area is 74.2 Å². The Bertz CT molecular complexity index is 246. The molecule has 0 aromatic heterocycles. The molecule has 0 amide bonds. The van der Waals surface area contributed by atoms with Gasteiger partial charge in [0.15, 0.2) is 0 Å². The van der Waals surface area contributed by atoms with Crippen LogP contribution in [0.25, 0.3) is 0 Å². The van der Waals surface area contributed by atoms with Crippen molar-refractivity contribution in [1.29, 1.82) is 0 Å². The number of aldehydes is 1. The molecule has 1 unspecified atom stereocenters. The van der Waals surface area contributed by atoms with Gasteiger partial charge in [-0.05, 0) is 37.8 Å². The smallest absolute Gasteiger partial charge is 0.127 e. The number of rotatable bonds is 2. The molecule has 0 fully saturated rings. The average Bonchev–Trinajstić information content (AvgIpc) is 2.08. The topological polar surface area (TPSA) is 17.1 Å². The molecule has 0 heterocycles. The highest BCUT2D eigenvalue weighted by atomic mass is 16.1.